The second-order valence-electron chi connectivity index (χ2n) is 7.22. The van der Waals surface area contributed by atoms with Crippen LogP contribution < -0.4 is 11.6 Å². The molecule has 0 radical (unpaired) electrons. The maximum absolute atomic E-state index is 11.0. The average molecular weight is 361 g/mol. The van der Waals surface area contributed by atoms with Crippen LogP contribution in [0.3, 0.4) is 0 Å². The summed E-state index contributed by atoms with van der Waals surface area (Å²) >= 11 is 3.41. The Bertz CT molecular complexity index is 394. The third-order valence-electron chi connectivity index (χ3n) is 4.95. The number of aliphatic hydroxyl groups excluding tert-OH is 1. The van der Waals surface area contributed by atoms with E-state index in [1.54, 1.807) is 28.5 Å². The smallest absolute Gasteiger partial charge is 0.112 e. The zero-order valence-electron chi connectivity index (χ0n) is 16.0. The van der Waals surface area contributed by atoms with Crippen LogP contribution in [-0.4, -0.2) is 54.6 Å². The number of hydrogen-bond acceptors (Lipinski definition) is 6. The Kier molecular flexibility index (Phi) is 10.1. The van der Waals surface area contributed by atoms with Crippen molar-refractivity contribution in [3.8, 4) is 0 Å². The predicted octanol–water partition coefficient (Wildman–Crippen LogP) is 2.06. The molecule has 3 unspecified atom stereocenters. The molecule has 4 nitrogen and oxygen atoms in total. The Morgan fingerprint density at radius 2 is 1.70 bits per heavy atom. The van der Waals surface area contributed by atoms with Crippen molar-refractivity contribution in [3.63, 3.8) is 0 Å². The second-order valence-corrected chi connectivity index (χ2v) is 8.95. The molecule has 0 aliphatic carbocycles. The normalized spacial score (nSPS) is 19.5. The van der Waals surface area contributed by atoms with Gasteiger partial charge in [-0.3, -0.25) is 0 Å². The summed E-state index contributed by atoms with van der Waals surface area (Å²) in [6.45, 7) is 9.07. The van der Waals surface area contributed by atoms with E-state index >= 15 is 0 Å². The Balaban J connectivity index is 5.40. The van der Waals surface area contributed by atoms with Crippen LogP contribution in [0.4, 0.5) is 0 Å². The molecule has 0 saturated heterocycles. The summed E-state index contributed by atoms with van der Waals surface area (Å²) in [5.74, 6) is 7.94. The molecule has 23 heavy (non-hydrogen) atoms. The first-order chi connectivity index (χ1) is 10.6. The molecule has 0 aliphatic heterocycles. The molecule has 0 heterocycles. The standard InChI is InChI=1S/C16H36BN3OS2/c1-7-15(3,14(21)16(4,17)8-2)11-20(19)13(10-23-6)12(18)9-22-5/h14,21H,7-11,17-19H2,1-6H3/b13-12-. The van der Waals surface area contributed by atoms with Crippen LogP contribution in [0.15, 0.2) is 11.4 Å². The lowest BCUT2D eigenvalue weighted by Gasteiger charge is -2.45. The number of rotatable bonds is 11. The highest BCUT2D eigenvalue weighted by Crippen LogP contribution is 2.42. The molecule has 0 saturated carbocycles. The van der Waals surface area contributed by atoms with E-state index in [4.69, 9.17) is 11.6 Å². The zero-order chi connectivity index (χ0) is 18.3. The highest BCUT2D eigenvalue weighted by Gasteiger charge is 2.41. The van der Waals surface area contributed by atoms with Gasteiger partial charge in [0.05, 0.1) is 11.8 Å². The Labute approximate surface area is 152 Å². The van der Waals surface area contributed by atoms with Crippen LogP contribution in [0.1, 0.15) is 40.5 Å². The number of aliphatic hydroxyl groups is 1. The largest absolute Gasteiger partial charge is 0.400 e. The summed E-state index contributed by atoms with van der Waals surface area (Å²) in [7, 11) is 2.12. The van der Waals surface area contributed by atoms with Gasteiger partial charge < -0.3 is 15.8 Å². The van der Waals surface area contributed by atoms with Crippen LogP contribution in [0.5, 0.6) is 0 Å². The lowest BCUT2D eigenvalue weighted by molar-refractivity contribution is -0.0164. The van der Waals surface area contributed by atoms with Gasteiger partial charge in [-0.05, 0) is 24.2 Å². The molecule has 0 aromatic rings. The SMILES string of the molecule is BC(C)(CC)C(O)C(C)(CC)CN(N)/C(CSC)=C(\N)CSC. The molecular weight excluding hydrogens is 325 g/mol. The van der Waals surface area contributed by atoms with E-state index in [0.717, 1.165) is 35.7 Å². The summed E-state index contributed by atoms with van der Waals surface area (Å²) in [5.41, 5.74) is 7.76. The molecule has 0 aliphatic rings. The maximum atomic E-state index is 11.0. The molecule has 0 spiro atoms. The number of hydrogen-bond donors (Lipinski definition) is 3. The fraction of sp³-hybridized carbons (Fsp3) is 0.875. The molecule has 0 rings (SSSR count). The quantitative estimate of drug-likeness (QED) is 0.297. The third kappa shape index (κ3) is 6.44. The van der Waals surface area contributed by atoms with Crippen LogP contribution in [-0.2, 0) is 0 Å². The molecular formula is C16H36BN3OS2. The molecule has 0 bridgehead atoms. The van der Waals surface area contributed by atoms with Crippen molar-refractivity contribution in [3.05, 3.63) is 11.4 Å². The van der Waals surface area contributed by atoms with E-state index in [1.165, 1.54) is 0 Å². The summed E-state index contributed by atoms with van der Waals surface area (Å²) in [5, 5.41) is 12.6. The fourth-order valence-corrected chi connectivity index (χ4v) is 3.85. The Hall–Kier alpha value is 0.0249. The number of nitrogens with two attached hydrogens (primary N) is 2. The Morgan fingerprint density at radius 3 is 2.09 bits per heavy atom. The molecule has 0 fully saturated rings. The minimum absolute atomic E-state index is 0.139. The van der Waals surface area contributed by atoms with Crippen LogP contribution in [0.2, 0.25) is 5.31 Å². The summed E-state index contributed by atoms with van der Waals surface area (Å²) < 4.78 is 0. The molecule has 0 aromatic heterocycles. The van der Waals surface area contributed by atoms with E-state index in [1.807, 2.05) is 12.5 Å². The van der Waals surface area contributed by atoms with Gasteiger partial charge in [-0.25, -0.2) is 5.84 Å². The van der Waals surface area contributed by atoms with Crippen molar-refractivity contribution in [1.82, 2.24) is 5.01 Å². The van der Waals surface area contributed by atoms with Crippen molar-refractivity contribution in [2.75, 3.05) is 30.6 Å². The first kappa shape index (κ1) is 23.0. The summed E-state index contributed by atoms with van der Waals surface area (Å²) in [6, 6.07) is 0. The molecule has 5 N–H and O–H groups in total. The van der Waals surface area contributed by atoms with E-state index < -0.39 is 6.10 Å². The molecule has 0 amide bonds. The van der Waals surface area contributed by atoms with Crippen molar-refractivity contribution >= 4 is 31.4 Å². The minimum atomic E-state index is -0.423. The summed E-state index contributed by atoms with van der Waals surface area (Å²) in [4.78, 5) is 0. The van der Waals surface area contributed by atoms with Gasteiger partial charge in [0.25, 0.3) is 0 Å². The van der Waals surface area contributed by atoms with Gasteiger partial charge in [0.2, 0.25) is 0 Å². The van der Waals surface area contributed by atoms with E-state index in [0.29, 0.717) is 6.54 Å². The highest BCUT2D eigenvalue weighted by atomic mass is 32.2. The van der Waals surface area contributed by atoms with Gasteiger partial charge >= 0.3 is 0 Å². The number of hydrazine groups is 1. The molecule has 3 atom stereocenters. The third-order valence-corrected chi connectivity index (χ3v) is 6.11. The minimum Gasteiger partial charge on any atom is -0.400 e. The maximum Gasteiger partial charge on any atom is 0.112 e. The van der Waals surface area contributed by atoms with Gasteiger partial charge in [-0.15, -0.1) is 0 Å². The van der Waals surface area contributed by atoms with Gasteiger partial charge in [0.1, 0.15) is 7.85 Å². The monoisotopic (exact) mass is 361 g/mol. The van der Waals surface area contributed by atoms with Crippen molar-refractivity contribution < 1.29 is 5.11 Å². The van der Waals surface area contributed by atoms with Crippen LogP contribution in [0.25, 0.3) is 0 Å². The van der Waals surface area contributed by atoms with Gasteiger partial charge in [-0.2, -0.15) is 23.5 Å². The molecule has 7 heteroatoms. The first-order valence-electron chi connectivity index (χ1n) is 8.25. The average Bonchev–Trinajstić information content (AvgIpc) is 2.51. The van der Waals surface area contributed by atoms with Gasteiger partial charge in [0, 0.05) is 29.2 Å². The molecule has 136 valence electrons. The topological polar surface area (TPSA) is 75.5 Å². The second kappa shape index (κ2) is 10.1. The van der Waals surface area contributed by atoms with Crippen LogP contribution >= 0.6 is 23.5 Å². The van der Waals surface area contributed by atoms with Gasteiger partial charge in [0.15, 0.2) is 0 Å². The predicted molar refractivity (Wildman–Crippen MR) is 110 cm³/mol. The van der Waals surface area contributed by atoms with Crippen LogP contribution in [0, 0.1) is 5.41 Å². The Morgan fingerprint density at radius 1 is 1.17 bits per heavy atom. The van der Waals surface area contributed by atoms with E-state index in [-0.39, 0.29) is 10.7 Å². The zero-order valence-corrected chi connectivity index (χ0v) is 17.6. The van der Waals surface area contributed by atoms with Crippen molar-refractivity contribution in [1.29, 1.82) is 0 Å². The fourth-order valence-electron chi connectivity index (χ4n) is 2.75. The van der Waals surface area contributed by atoms with Crippen molar-refractivity contribution in [2.45, 2.75) is 52.0 Å². The van der Waals surface area contributed by atoms with E-state index in [2.05, 4.69) is 35.5 Å². The van der Waals surface area contributed by atoms with Gasteiger partial charge in [-0.1, -0.05) is 34.1 Å². The van der Waals surface area contributed by atoms with E-state index in [9.17, 15) is 5.11 Å². The first-order valence-corrected chi connectivity index (χ1v) is 11.0. The highest BCUT2D eigenvalue weighted by molar-refractivity contribution is 7.99. The number of nitrogens with zero attached hydrogens (tertiary/aromatic N) is 1. The summed E-state index contributed by atoms with van der Waals surface area (Å²) in [6.07, 6.45) is 5.45. The lowest BCUT2D eigenvalue weighted by atomic mass is 9.57. The number of thioether (sulfide) groups is 2. The lowest BCUT2D eigenvalue weighted by Crippen LogP contribution is -2.50. The molecule has 0 aromatic carbocycles. The van der Waals surface area contributed by atoms with Crippen molar-refractivity contribution in [2.24, 2.45) is 17.0 Å².